The molecule has 2 rings (SSSR count). The van der Waals surface area contributed by atoms with Gasteiger partial charge in [0.25, 0.3) is 0 Å². The van der Waals surface area contributed by atoms with Crippen molar-refractivity contribution in [3.8, 4) is 0 Å². The van der Waals surface area contributed by atoms with E-state index in [1.807, 2.05) is 0 Å². The molecule has 0 radical (unpaired) electrons. The number of nitrogens with one attached hydrogen (secondary N) is 1. The minimum Gasteiger partial charge on any atom is -0.271 e. The van der Waals surface area contributed by atoms with Crippen molar-refractivity contribution in [2.45, 2.75) is 24.7 Å². The highest BCUT2D eigenvalue weighted by atomic mass is 32.2. The number of hydrogen-bond donors (Lipinski definition) is 2. The van der Waals surface area contributed by atoms with Crippen molar-refractivity contribution in [3.63, 3.8) is 0 Å². The van der Waals surface area contributed by atoms with E-state index in [9.17, 15) is 16.8 Å². The zero-order chi connectivity index (χ0) is 15.7. The van der Waals surface area contributed by atoms with Crippen molar-refractivity contribution in [3.05, 3.63) is 24.3 Å². The average molecular weight is 333 g/mol. The fourth-order valence-electron chi connectivity index (χ4n) is 2.15. The van der Waals surface area contributed by atoms with E-state index in [1.54, 1.807) is 0 Å². The Morgan fingerprint density at radius 3 is 2.10 bits per heavy atom. The molecule has 9 heteroatoms. The second kappa shape index (κ2) is 5.91. The molecule has 3 N–H and O–H groups in total. The second-order valence-electron chi connectivity index (χ2n) is 5.26. The fourth-order valence-corrected chi connectivity index (χ4v) is 3.92. The van der Waals surface area contributed by atoms with Crippen LogP contribution in [0.5, 0.6) is 0 Å². The van der Waals surface area contributed by atoms with Gasteiger partial charge in [0.15, 0.2) is 0 Å². The standard InChI is InChI=1S/C12H19N3O4S2/c1-10-6-8-15(9-7-10)21(18,19)14-11-2-4-12(5-3-11)20(13,16)17/h2-5,10,14H,6-9H2,1H3,(H2,13,16,17). The number of anilines is 1. The van der Waals surface area contributed by atoms with Gasteiger partial charge in [-0.05, 0) is 43.0 Å². The van der Waals surface area contributed by atoms with Crippen LogP contribution < -0.4 is 9.86 Å². The van der Waals surface area contributed by atoms with E-state index in [0.29, 0.717) is 24.7 Å². The first-order chi connectivity index (χ1) is 9.68. The van der Waals surface area contributed by atoms with Crippen molar-refractivity contribution in [1.29, 1.82) is 0 Å². The Hall–Kier alpha value is -1.16. The molecule has 0 spiro atoms. The summed E-state index contributed by atoms with van der Waals surface area (Å²) in [6.45, 7) is 3.08. The lowest BCUT2D eigenvalue weighted by Crippen LogP contribution is -2.41. The molecule has 0 bridgehead atoms. The lowest BCUT2D eigenvalue weighted by molar-refractivity contribution is 0.289. The van der Waals surface area contributed by atoms with Crippen molar-refractivity contribution in [2.75, 3.05) is 17.8 Å². The van der Waals surface area contributed by atoms with Gasteiger partial charge in [-0.25, -0.2) is 13.6 Å². The Balaban J connectivity index is 2.10. The van der Waals surface area contributed by atoms with Crippen molar-refractivity contribution < 1.29 is 16.8 Å². The van der Waals surface area contributed by atoms with E-state index in [-0.39, 0.29) is 4.90 Å². The van der Waals surface area contributed by atoms with E-state index in [2.05, 4.69) is 11.6 Å². The third kappa shape index (κ3) is 4.16. The van der Waals surface area contributed by atoms with Crippen LogP contribution >= 0.6 is 0 Å². The lowest BCUT2D eigenvalue weighted by atomic mass is 10.0. The molecular formula is C12H19N3O4S2. The van der Waals surface area contributed by atoms with Gasteiger partial charge in [0.1, 0.15) is 0 Å². The van der Waals surface area contributed by atoms with Gasteiger partial charge in [-0.1, -0.05) is 6.92 Å². The number of primary sulfonamides is 1. The summed E-state index contributed by atoms with van der Waals surface area (Å²) in [7, 11) is -7.38. The molecule has 0 amide bonds. The normalized spacial score (nSPS) is 18.6. The van der Waals surface area contributed by atoms with Crippen LogP contribution in [0.15, 0.2) is 29.2 Å². The number of hydrogen-bond acceptors (Lipinski definition) is 4. The molecule has 0 aliphatic carbocycles. The highest BCUT2D eigenvalue weighted by Gasteiger charge is 2.26. The first-order valence-corrected chi connectivity index (χ1v) is 9.58. The fraction of sp³-hybridized carbons (Fsp3) is 0.500. The third-order valence-electron chi connectivity index (χ3n) is 3.51. The van der Waals surface area contributed by atoms with Gasteiger partial charge in [0.05, 0.1) is 4.90 Å². The molecule has 1 saturated heterocycles. The van der Waals surface area contributed by atoms with Crippen LogP contribution in [0.3, 0.4) is 0 Å². The van der Waals surface area contributed by atoms with E-state index in [0.717, 1.165) is 12.8 Å². The molecule has 0 aromatic heterocycles. The molecule has 1 aliphatic rings. The van der Waals surface area contributed by atoms with E-state index < -0.39 is 20.2 Å². The Kier molecular flexibility index (Phi) is 4.57. The molecule has 21 heavy (non-hydrogen) atoms. The predicted molar refractivity (Wildman–Crippen MR) is 80.3 cm³/mol. The molecule has 0 unspecified atom stereocenters. The van der Waals surface area contributed by atoms with Crippen molar-refractivity contribution in [1.82, 2.24) is 4.31 Å². The molecule has 7 nitrogen and oxygen atoms in total. The minimum absolute atomic E-state index is 0.0581. The third-order valence-corrected chi connectivity index (χ3v) is 5.98. The molecule has 1 aliphatic heterocycles. The smallest absolute Gasteiger partial charge is 0.271 e. The minimum atomic E-state index is -3.78. The first-order valence-electron chi connectivity index (χ1n) is 6.59. The quantitative estimate of drug-likeness (QED) is 0.846. The Labute approximate surface area is 125 Å². The van der Waals surface area contributed by atoms with Crippen LogP contribution in [0.1, 0.15) is 19.8 Å². The monoisotopic (exact) mass is 333 g/mol. The molecule has 0 atom stereocenters. The maximum absolute atomic E-state index is 12.2. The molecular weight excluding hydrogens is 314 g/mol. The van der Waals surface area contributed by atoms with E-state index >= 15 is 0 Å². The average Bonchev–Trinajstić information content (AvgIpc) is 2.38. The molecule has 1 fully saturated rings. The first kappa shape index (κ1) is 16.2. The number of sulfonamides is 1. The highest BCUT2D eigenvalue weighted by Crippen LogP contribution is 2.21. The summed E-state index contributed by atoms with van der Waals surface area (Å²) >= 11 is 0. The summed E-state index contributed by atoms with van der Waals surface area (Å²) in [6, 6.07) is 5.30. The van der Waals surface area contributed by atoms with Crippen molar-refractivity contribution in [2.24, 2.45) is 11.1 Å². The topological polar surface area (TPSA) is 110 Å². The van der Waals surface area contributed by atoms with Crippen molar-refractivity contribution >= 4 is 25.9 Å². The van der Waals surface area contributed by atoms with Crippen LogP contribution in [0.2, 0.25) is 0 Å². The van der Waals surface area contributed by atoms with Gasteiger partial charge in [-0.15, -0.1) is 0 Å². The van der Waals surface area contributed by atoms with Gasteiger partial charge in [-0.3, -0.25) is 4.72 Å². The van der Waals surface area contributed by atoms with Gasteiger partial charge in [0, 0.05) is 18.8 Å². The summed E-state index contributed by atoms with van der Waals surface area (Å²) in [5, 5.41) is 4.99. The predicted octanol–water partition coefficient (Wildman–Crippen LogP) is 0.723. The zero-order valence-electron chi connectivity index (χ0n) is 11.7. The maximum atomic E-state index is 12.2. The van der Waals surface area contributed by atoms with Crippen LogP contribution in [0.4, 0.5) is 5.69 Å². The van der Waals surface area contributed by atoms with Crippen LogP contribution in [-0.2, 0) is 20.2 Å². The number of piperidine rings is 1. The summed E-state index contributed by atoms with van der Waals surface area (Å²) in [4.78, 5) is -0.0581. The van der Waals surface area contributed by atoms with Crippen LogP contribution in [0, 0.1) is 5.92 Å². The SMILES string of the molecule is CC1CCN(S(=O)(=O)Nc2ccc(S(N)(=O)=O)cc2)CC1. The van der Waals surface area contributed by atoms with Crippen LogP contribution in [-0.4, -0.2) is 34.2 Å². The molecule has 1 aromatic carbocycles. The number of rotatable bonds is 4. The Bertz CT molecular complexity index is 691. The Morgan fingerprint density at radius 2 is 1.62 bits per heavy atom. The van der Waals surface area contributed by atoms with Gasteiger partial charge >= 0.3 is 10.2 Å². The number of benzene rings is 1. The molecule has 0 saturated carbocycles. The van der Waals surface area contributed by atoms with Gasteiger partial charge in [0.2, 0.25) is 10.0 Å². The highest BCUT2D eigenvalue weighted by molar-refractivity contribution is 7.90. The largest absolute Gasteiger partial charge is 0.301 e. The molecule has 1 aromatic rings. The summed E-state index contributed by atoms with van der Waals surface area (Å²) in [5.74, 6) is 0.533. The maximum Gasteiger partial charge on any atom is 0.301 e. The summed E-state index contributed by atoms with van der Waals surface area (Å²) < 4.78 is 50.6. The van der Waals surface area contributed by atoms with Gasteiger partial charge in [-0.2, -0.15) is 12.7 Å². The van der Waals surface area contributed by atoms with Gasteiger partial charge < -0.3 is 0 Å². The molecule has 1 heterocycles. The zero-order valence-corrected chi connectivity index (χ0v) is 13.3. The second-order valence-corrected chi connectivity index (χ2v) is 8.49. The number of nitrogens with two attached hydrogens (primary N) is 1. The summed E-state index contributed by atoms with van der Waals surface area (Å²) in [5.41, 5.74) is 0.307. The lowest BCUT2D eigenvalue weighted by Gasteiger charge is -2.29. The molecule has 118 valence electrons. The van der Waals surface area contributed by atoms with E-state index in [4.69, 9.17) is 5.14 Å². The number of nitrogens with zero attached hydrogens (tertiary/aromatic N) is 1. The van der Waals surface area contributed by atoms with E-state index in [1.165, 1.54) is 28.6 Å². The van der Waals surface area contributed by atoms with Crippen LogP contribution in [0.25, 0.3) is 0 Å². The Morgan fingerprint density at radius 1 is 1.10 bits per heavy atom. The summed E-state index contributed by atoms with van der Waals surface area (Å²) in [6.07, 6.45) is 1.68.